The first kappa shape index (κ1) is 13.3. The number of phenols is 1. The molecule has 0 radical (unpaired) electrons. The molecule has 0 heterocycles. The first-order valence-electron chi connectivity index (χ1n) is 7.62. The fourth-order valence-electron chi connectivity index (χ4n) is 3.42. The summed E-state index contributed by atoms with van der Waals surface area (Å²) in [6.45, 7) is 0. The van der Waals surface area contributed by atoms with Gasteiger partial charge in [0.25, 0.3) is 0 Å². The summed E-state index contributed by atoms with van der Waals surface area (Å²) in [6.07, 6.45) is 7.59. The molecule has 4 heteroatoms. The number of aromatic hydroxyl groups is 1. The second-order valence-electron chi connectivity index (χ2n) is 5.89. The average Bonchev–Trinajstić information content (AvgIpc) is 2.84. The molecule has 0 aromatic heterocycles. The summed E-state index contributed by atoms with van der Waals surface area (Å²) >= 11 is 0. The summed E-state index contributed by atoms with van der Waals surface area (Å²) in [4.78, 5) is 12.1. The summed E-state index contributed by atoms with van der Waals surface area (Å²) in [6, 6.07) is 5.83. The van der Waals surface area contributed by atoms with Gasteiger partial charge in [0, 0.05) is 6.04 Å². The molecule has 3 N–H and O–H groups in total. The number of carbonyl (C=O) groups is 1. The highest BCUT2D eigenvalue weighted by atomic mass is 16.3. The Morgan fingerprint density at radius 3 is 2.70 bits per heavy atom. The van der Waals surface area contributed by atoms with Crippen LogP contribution in [0.15, 0.2) is 18.2 Å². The van der Waals surface area contributed by atoms with E-state index in [1.54, 1.807) is 6.07 Å². The van der Waals surface area contributed by atoms with E-state index in [0.29, 0.717) is 11.8 Å². The van der Waals surface area contributed by atoms with Crippen molar-refractivity contribution in [2.45, 2.75) is 57.0 Å². The summed E-state index contributed by atoms with van der Waals surface area (Å²) < 4.78 is 0. The normalized spacial score (nSPS) is 22.3. The van der Waals surface area contributed by atoms with Gasteiger partial charge < -0.3 is 15.7 Å². The van der Waals surface area contributed by atoms with Crippen molar-refractivity contribution in [1.29, 1.82) is 0 Å². The molecule has 2 aliphatic carbocycles. The van der Waals surface area contributed by atoms with E-state index in [2.05, 4.69) is 10.6 Å². The molecule has 0 unspecified atom stereocenters. The Hall–Kier alpha value is -1.71. The first-order chi connectivity index (χ1) is 9.74. The molecule has 1 saturated carbocycles. The van der Waals surface area contributed by atoms with Crippen LogP contribution in [-0.2, 0) is 6.42 Å². The van der Waals surface area contributed by atoms with E-state index in [-0.39, 0.29) is 12.1 Å². The predicted octanol–water partition coefficient (Wildman–Crippen LogP) is 3.01. The molecule has 3 rings (SSSR count). The minimum Gasteiger partial charge on any atom is -0.508 e. The second-order valence-corrected chi connectivity index (χ2v) is 5.89. The highest BCUT2D eigenvalue weighted by Gasteiger charge is 2.26. The minimum absolute atomic E-state index is 0.0284. The van der Waals surface area contributed by atoms with E-state index in [9.17, 15) is 9.90 Å². The number of rotatable bonds is 2. The molecule has 0 spiro atoms. The third-order valence-corrected chi connectivity index (χ3v) is 4.49. The van der Waals surface area contributed by atoms with Crippen molar-refractivity contribution in [2.75, 3.05) is 0 Å². The van der Waals surface area contributed by atoms with Gasteiger partial charge in [-0.05, 0) is 42.9 Å². The number of hydrogen-bond acceptors (Lipinski definition) is 2. The molecule has 2 aliphatic rings. The zero-order valence-electron chi connectivity index (χ0n) is 11.7. The molecular formula is C16H22N2O2. The van der Waals surface area contributed by atoms with Crippen LogP contribution in [0.25, 0.3) is 0 Å². The van der Waals surface area contributed by atoms with Crippen molar-refractivity contribution < 1.29 is 9.90 Å². The molecule has 1 fully saturated rings. The monoisotopic (exact) mass is 274 g/mol. The maximum atomic E-state index is 12.1. The zero-order chi connectivity index (χ0) is 13.9. The Morgan fingerprint density at radius 2 is 1.90 bits per heavy atom. The topological polar surface area (TPSA) is 61.4 Å². The van der Waals surface area contributed by atoms with Crippen LogP contribution >= 0.6 is 0 Å². The van der Waals surface area contributed by atoms with E-state index in [4.69, 9.17) is 0 Å². The van der Waals surface area contributed by atoms with Crippen molar-refractivity contribution in [3.63, 3.8) is 0 Å². The lowest BCUT2D eigenvalue weighted by molar-refractivity contribution is 0.229. The van der Waals surface area contributed by atoms with E-state index in [1.807, 2.05) is 12.1 Å². The maximum absolute atomic E-state index is 12.1. The predicted molar refractivity (Wildman–Crippen MR) is 77.7 cm³/mol. The van der Waals surface area contributed by atoms with Crippen LogP contribution < -0.4 is 10.6 Å². The Kier molecular flexibility index (Phi) is 3.81. The van der Waals surface area contributed by atoms with Gasteiger partial charge in [-0.3, -0.25) is 0 Å². The van der Waals surface area contributed by atoms with Gasteiger partial charge in [0.15, 0.2) is 0 Å². The molecule has 108 valence electrons. The fraction of sp³-hybridized carbons (Fsp3) is 0.562. The lowest BCUT2D eigenvalue weighted by atomic mass is 9.96. The molecule has 0 bridgehead atoms. The number of benzene rings is 1. The third-order valence-electron chi connectivity index (χ3n) is 4.49. The SMILES string of the molecule is O=C(NC1CCCCC1)N[C@H]1CCc2c(O)cccc21. The van der Waals surface area contributed by atoms with Crippen molar-refractivity contribution in [2.24, 2.45) is 0 Å². The Morgan fingerprint density at radius 1 is 1.10 bits per heavy atom. The summed E-state index contributed by atoms with van der Waals surface area (Å²) in [7, 11) is 0. The summed E-state index contributed by atoms with van der Waals surface area (Å²) in [5, 5.41) is 15.9. The molecule has 2 amide bonds. The number of hydrogen-bond donors (Lipinski definition) is 3. The van der Waals surface area contributed by atoms with Crippen molar-refractivity contribution in [3.05, 3.63) is 29.3 Å². The fourth-order valence-corrected chi connectivity index (χ4v) is 3.42. The van der Waals surface area contributed by atoms with Gasteiger partial charge >= 0.3 is 6.03 Å². The van der Waals surface area contributed by atoms with Crippen LogP contribution in [0.2, 0.25) is 0 Å². The highest BCUT2D eigenvalue weighted by Crippen LogP contribution is 2.36. The van der Waals surface area contributed by atoms with Gasteiger partial charge in [-0.25, -0.2) is 4.79 Å². The highest BCUT2D eigenvalue weighted by molar-refractivity contribution is 5.75. The zero-order valence-corrected chi connectivity index (χ0v) is 11.7. The first-order valence-corrected chi connectivity index (χ1v) is 7.62. The molecule has 20 heavy (non-hydrogen) atoms. The molecule has 1 aromatic carbocycles. The van der Waals surface area contributed by atoms with E-state index < -0.39 is 0 Å². The van der Waals surface area contributed by atoms with Gasteiger partial charge in [0.1, 0.15) is 5.75 Å². The Labute approximate surface area is 119 Å². The second kappa shape index (κ2) is 5.73. The van der Waals surface area contributed by atoms with Crippen LogP contribution in [0, 0.1) is 0 Å². The average molecular weight is 274 g/mol. The molecular weight excluding hydrogens is 252 g/mol. The largest absolute Gasteiger partial charge is 0.508 e. The van der Waals surface area contributed by atoms with Crippen LogP contribution in [0.3, 0.4) is 0 Å². The number of phenolic OH excluding ortho intramolecular Hbond substituents is 1. The molecule has 1 aromatic rings. The van der Waals surface area contributed by atoms with Crippen LogP contribution in [0.1, 0.15) is 55.7 Å². The standard InChI is InChI=1S/C16H22N2O2/c19-15-8-4-7-12-13(15)9-10-14(12)18-16(20)17-11-5-2-1-3-6-11/h4,7-8,11,14,19H,1-3,5-6,9-10H2,(H2,17,18,20)/t14-/m0/s1. The van der Waals surface area contributed by atoms with Gasteiger partial charge in [0.2, 0.25) is 0 Å². The van der Waals surface area contributed by atoms with Gasteiger partial charge in [-0.2, -0.15) is 0 Å². The van der Waals surface area contributed by atoms with Crippen LogP contribution in [0.5, 0.6) is 5.75 Å². The minimum atomic E-state index is -0.0712. The van der Waals surface area contributed by atoms with E-state index >= 15 is 0 Å². The Bertz CT molecular complexity index is 495. The number of amides is 2. The van der Waals surface area contributed by atoms with Crippen LogP contribution in [-0.4, -0.2) is 17.2 Å². The lowest BCUT2D eigenvalue weighted by Gasteiger charge is -2.24. The molecule has 1 atom stereocenters. The molecule has 0 aliphatic heterocycles. The number of fused-ring (bicyclic) bond motifs is 1. The van der Waals surface area contributed by atoms with E-state index in [1.165, 1.54) is 19.3 Å². The Balaban J connectivity index is 1.59. The quantitative estimate of drug-likeness (QED) is 0.776. The van der Waals surface area contributed by atoms with Crippen molar-refractivity contribution in [1.82, 2.24) is 10.6 Å². The van der Waals surface area contributed by atoms with Crippen molar-refractivity contribution in [3.8, 4) is 5.75 Å². The van der Waals surface area contributed by atoms with Gasteiger partial charge in [-0.15, -0.1) is 0 Å². The number of carbonyl (C=O) groups excluding carboxylic acids is 1. The number of urea groups is 1. The molecule has 0 saturated heterocycles. The summed E-state index contributed by atoms with van der Waals surface area (Å²) in [5.41, 5.74) is 2.04. The van der Waals surface area contributed by atoms with Gasteiger partial charge in [-0.1, -0.05) is 31.4 Å². The lowest BCUT2D eigenvalue weighted by Crippen LogP contribution is -2.43. The van der Waals surface area contributed by atoms with Crippen molar-refractivity contribution >= 4 is 6.03 Å². The van der Waals surface area contributed by atoms with Crippen LogP contribution in [0.4, 0.5) is 4.79 Å². The number of nitrogens with one attached hydrogen (secondary N) is 2. The van der Waals surface area contributed by atoms with Gasteiger partial charge in [0.05, 0.1) is 6.04 Å². The smallest absolute Gasteiger partial charge is 0.315 e. The molecule has 4 nitrogen and oxygen atoms in total. The third kappa shape index (κ3) is 2.74. The maximum Gasteiger partial charge on any atom is 0.315 e. The van der Waals surface area contributed by atoms with E-state index in [0.717, 1.165) is 36.8 Å². The summed E-state index contributed by atoms with van der Waals surface area (Å²) in [5.74, 6) is 0.347.